The van der Waals surface area contributed by atoms with Gasteiger partial charge in [-0.2, -0.15) is 0 Å². The Morgan fingerprint density at radius 2 is 1.79 bits per heavy atom. The SMILES string of the molecule is O=C(Nc1cccc2cnccc12)NC1C2CN(c3cc(F)c(F)cc3F)CC21. The molecule has 2 aliphatic rings. The van der Waals surface area contributed by atoms with E-state index in [2.05, 4.69) is 15.6 Å². The van der Waals surface area contributed by atoms with Crippen LogP contribution in [0, 0.1) is 29.3 Å². The highest BCUT2D eigenvalue weighted by Crippen LogP contribution is 2.47. The Morgan fingerprint density at radius 1 is 1.03 bits per heavy atom. The molecule has 0 radical (unpaired) electrons. The van der Waals surface area contributed by atoms with Gasteiger partial charge in [-0.05, 0) is 12.1 Å². The highest BCUT2D eigenvalue weighted by Gasteiger charge is 2.56. The van der Waals surface area contributed by atoms with Gasteiger partial charge in [0.1, 0.15) is 5.82 Å². The van der Waals surface area contributed by atoms with Crippen molar-refractivity contribution in [2.75, 3.05) is 23.3 Å². The van der Waals surface area contributed by atoms with Crippen LogP contribution >= 0.6 is 0 Å². The third-order valence-corrected chi connectivity index (χ3v) is 5.75. The van der Waals surface area contributed by atoms with Gasteiger partial charge in [-0.15, -0.1) is 0 Å². The average molecular weight is 398 g/mol. The van der Waals surface area contributed by atoms with E-state index in [1.54, 1.807) is 17.3 Å². The standard InChI is InChI=1S/C21H17F3N4O/c22-15-6-17(24)19(7-16(15)23)28-9-13-14(10-28)20(13)27-21(29)26-18-3-1-2-11-8-25-5-4-12(11)18/h1-8,13-14,20H,9-10H2,(H2,26,27,29). The van der Waals surface area contributed by atoms with Crippen LogP contribution in [0.1, 0.15) is 0 Å². The second-order valence-corrected chi connectivity index (χ2v) is 7.48. The summed E-state index contributed by atoms with van der Waals surface area (Å²) in [6.45, 7) is 0.967. The Kier molecular flexibility index (Phi) is 4.08. The minimum absolute atomic E-state index is 0.0174. The third kappa shape index (κ3) is 3.14. The highest BCUT2D eigenvalue weighted by molar-refractivity contribution is 6.01. The number of carbonyl (C=O) groups is 1. The molecule has 2 unspecified atom stereocenters. The van der Waals surface area contributed by atoms with Crippen LogP contribution in [0.3, 0.4) is 0 Å². The maximum absolute atomic E-state index is 14.0. The number of benzene rings is 2. The van der Waals surface area contributed by atoms with Crippen LogP contribution in [-0.2, 0) is 0 Å². The number of piperidine rings is 1. The fourth-order valence-corrected chi connectivity index (χ4v) is 4.23. The molecule has 1 aliphatic carbocycles. The van der Waals surface area contributed by atoms with Crippen molar-refractivity contribution < 1.29 is 18.0 Å². The summed E-state index contributed by atoms with van der Waals surface area (Å²) in [6, 6.07) is 8.56. The molecule has 0 bridgehead atoms. The lowest BCUT2D eigenvalue weighted by Crippen LogP contribution is -2.37. The number of rotatable bonds is 3. The molecule has 5 rings (SSSR count). The second-order valence-electron chi connectivity index (χ2n) is 7.48. The zero-order valence-electron chi connectivity index (χ0n) is 15.2. The molecule has 1 saturated heterocycles. The Labute approximate surface area is 164 Å². The van der Waals surface area contributed by atoms with Crippen molar-refractivity contribution in [1.82, 2.24) is 10.3 Å². The van der Waals surface area contributed by atoms with E-state index >= 15 is 0 Å². The van der Waals surface area contributed by atoms with Gasteiger partial charge in [-0.3, -0.25) is 4.98 Å². The minimum atomic E-state index is -1.20. The fraction of sp³-hybridized carbons (Fsp3) is 0.238. The molecule has 5 nitrogen and oxygen atoms in total. The first-order valence-electron chi connectivity index (χ1n) is 9.31. The van der Waals surface area contributed by atoms with Crippen LogP contribution in [0.5, 0.6) is 0 Å². The lowest BCUT2D eigenvalue weighted by molar-refractivity contribution is 0.250. The number of nitrogens with zero attached hydrogens (tertiary/aromatic N) is 2. The van der Waals surface area contributed by atoms with E-state index in [4.69, 9.17) is 0 Å². The van der Waals surface area contributed by atoms with E-state index in [1.807, 2.05) is 24.3 Å². The van der Waals surface area contributed by atoms with Crippen molar-refractivity contribution in [3.63, 3.8) is 0 Å². The third-order valence-electron chi connectivity index (χ3n) is 5.75. The lowest BCUT2D eigenvalue weighted by atomic mass is 10.1. The van der Waals surface area contributed by atoms with Crippen molar-refractivity contribution in [2.24, 2.45) is 11.8 Å². The molecular formula is C21H17F3N4O. The van der Waals surface area contributed by atoms with E-state index in [-0.39, 0.29) is 29.6 Å². The number of fused-ring (bicyclic) bond motifs is 2. The van der Waals surface area contributed by atoms with Gasteiger partial charge in [0.2, 0.25) is 0 Å². The molecule has 2 fully saturated rings. The summed E-state index contributed by atoms with van der Waals surface area (Å²) in [7, 11) is 0. The van der Waals surface area contributed by atoms with Crippen molar-refractivity contribution in [2.45, 2.75) is 6.04 Å². The van der Waals surface area contributed by atoms with Crippen LogP contribution in [0.2, 0.25) is 0 Å². The summed E-state index contributed by atoms with van der Waals surface area (Å²) in [5, 5.41) is 7.65. The Hall–Kier alpha value is -3.29. The maximum Gasteiger partial charge on any atom is 0.319 e. The quantitative estimate of drug-likeness (QED) is 0.658. The first-order chi connectivity index (χ1) is 14.0. The van der Waals surface area contributed by atoms with E-state index in [0.29, 0.717) is 24.8 Å². The molecule has 2 N–H and O–H groups in total. The van der Waals surface area contributed by atoms with Crippen molar-refractivity contribution in [1.29, 1.82) is 0 Å². The van der Waals surface area contributed by atoms with E-state index < -0.39 is 17.5 Å². The first kappa shape index (κ1) is 17.8. The molecule has 8 heteroatoms. The fourth-order valence-electron chi connectivity index (χ4n) is 4.23. The van der Waals surface area contributed by atoms with Gasteiger partial charge in [0.05, 0.1) is 11.4 Å². The Balaban J connectivity index is 1.21. The normalized spacial score (nSPS) is 22.4. The van der Waals surface area contributed by atoms with Crippen molar-refractivity contribution >= 4 is 28.2 Å². The van der Waals surface area contributed by atoms with E-state index in [1.165, 1.54) is 0 Å². The van der Waals surface area contributed by atoms with Gasteiger partial charge in [-0.1, -0.05) is 12.1 Å². The van der Waals surface area contributed by atoms with Crippen LogP contribution in [0.25, 0.3) is 10.8 Å². The number of anilines is 2. The van der Waals surface area contributed by atoms with Crippen molar-refractivity contribution in [3.8, 4) is 0 Å². The van der Waals surface area contributed by atoms with Crippen LogP contribution in [0.15, 0.2) is 48.8 Å². The van der Waals surface area contributed by atoms with E-state index in [9.17, 15) is 18.0 Å². The lowest BCUT2D eigenvalue weighted by Gasteiger charge is -2.23. The molecular weight excluding hydrogens is 381 g/mol. The predicted octanol–water partition coefficient (Wildman–Crippen LogP) is 3.91. The summed E-state index contributed by atoms with van der Waals surface area (Å²) in [4.78, 5) is 18.2. The van der Waals surface area contributed by atoms with Gasteiger partial charge < -0.3 is 15.5 Å². The zero-order valence-corrected chi connectivity index (χ0v) is 15.2. The Morgan fingerprint density at radius 3 is 2.59 bits per heavy atom. The van der Waals surface area contributed by atoms with Gasteiger partial charge in [0.15, 0.2) is 11.6 Å². The summed E-state index contributed by atoms with van der Waals surface area (Å²) in [5.41, 5.74) is 0.752. The smallest absolute Gasteiger partial charge is 0.319 e. The number of nitrogens with one attached hydrogen (secondary N) is 2. The first-order valence-corrected chi connectivity index (χ1v) is 9.31. The zero-order chi connectivity index (χ0) is 20.1. The predicted molar refractivity (Wildman–Crippen MR) is 103 cm³/mol. The minimum Gasteiger partial charge on any atom is -0.368 e. The van der Waals surface area contributed by atoms with Crippen LogP contribution in [0.4, 0.5) is 29.3 Å². The molecule has 2 amide bonds. The molecule has 1 aliphatic heterocycles. The summed E-state index contributed by atoms with van der Waals surface area (Å²) in [5.74, 6) is -2.73. The number of urea groups is 1. The van der Waals surface area contributed by atoms with Gasteiger partial charge in [0, 0.05) is 66.3 Å². The average Bonchev–Trinajstić information content (AvgIpc) is 3.13. The number of aromatic nitrogens is 1. The number of halogens is 3. The van der Waals surface area contributed by atoms with Crippen molar-refractivity contribution in [3.05, 3.63) is 66.2 Å². The molecule has 148 valence electrons. The summed E-state index contributed by atoms with van der Waals surface area (Å²) >= 11 is 0. The second kappa shape index (κ2) is 6.65. The molecule has 2 aromatic carbocycles. The molecule has 1 saturated carbocycles. The van der Waals surface area contributed by atoms with Gasteiger partial charge in [0.25, 0.3) is 0 Å². The van der Waals surface area contributed by atoms with Crippen LogP contribution < -0.4 is 15.5 Å². The monoisotopic (exact) mass is 398 g/mol. The van der Waals surface area contributed by atoms with Gasteiger partial charge >= 0.3 is 6.03 Å². The molecule has 1 aromatic heterocycles. The number of pyridine rings is 1. The highest BCUT2D eigenvalue weighted by atomic mass is 19.2. The molecule has 2 atom stereocenters. The maximum atomic E-state index is 14.0. The largest absolute Gasteiger partial charge is 0.368 e. The van der Waals surface area contributed by atoms with Gasteiger partial charge in [-0.25, -0.2) is 18.0 Å². The number of hydrogen-bond donors (Lipinski definition) is 2. The Bertz CT molecular complexity index is 1110. The molecule has 3 aromatic rings. The van der Waals surface area contributed by atoms with Crippen LogP contribution in [-0.4, -0.2) is 30.1 Å². The van der Waals surface area contributed by atoms with E-state index in [0.717, 1.165) is 16.8 Å². The molecule has 29 heavy (non-hydrogen) atoms. The number of amides is 2. The topological polar surface area (TPSA) is 57.3 Å². The summed E-state index contributed by atoms with van der Waals surface area (Å²) < 4.78 is 40.5. The number of carbonyl (C=O) groups excluding carboxylic acids is 1. The number of hydrogen-bond acceptors (Lipinski definition) is 3. The summed E-state index contributed by atoms with van der Waals surface area (Å²) in [6.07, 6.45) is 3.40. The molecule has 2 heterocycles. The molecule has 0 spiro atoms.